The molecule has 0 amide bonds. The number of carbonyl (C=O) groups is 1. The number of aliphatic hydroxyl groups is 2. The SMILES string of the molecule is C=C(C)C(=O)OC(C)(C)C(O)OC(O)(C(F)F)C(F)(F)F. The van der Waals surface area contributed by atoms with Gasteiger partial charge < -0.3 is 19.7 Å². The van der Waals surface area contributed by atoms with Crippen LogP contribution in [0.3, 0.4) is 0 Å². The van der Waals surface area contributed by atoms with Crippen LogP contribution in [0.25, 0.3) is 0 Å². The van der Waals surface area contributed by atoms with Gasteiger partial charge in [0, 0.05) is 5.57 Å². The Morgan fingerprint density at radius 3 is 1.95 bits per heavy atom. The number of hydrogen-bond acceptors (Lipinski definition) is 5. The molecule has 0 rings (SSSR count). The average Bonchev–Trinajstić information content (AvgIpc) is 2.25. The Bertz CT molecular complexity index is 406. The van der Waals surface area contributed by atoms with Crippen molar-refractivity contribution in [3.8, 4) is 0 Å². The van der Waals surface area contributed by atoms with E-state index in [-0.39, 0.29) is 5.57 Å². The maximum absolute atomic E-state index is 12.4. The smallest absolute Gasteiger partial charge is 0.449 e. The Labute approximate surface area is 117 Å². The highest BCUT2D eigenvalue weighted by Crippen LogP contribution is 2.38. The van der Waals surface area contributed by atoms with Gasteiger partial charge >= 0.3 is 24.4 Å². The van der Waals surface area contributed by atoms with Gasteiger partial charge in [-0.2, -0.15) is 13.2 Å². The van der Waals surface area contributed by atoms with E-state index in [9.17, 15) is 31.9 Å². The predicted molar refractivity (Wildman–Crippen MR) is 59.1 cm³/mol. The van der Waals surface area contributed by atoms with Crippen LogP contribution >= 0.6 is 0 Å². The van der Waals surface area contributed by atoms with E-state index in [0.29, 0.717) is 0 Å². The Balaban J connectivity index is 5.20. The van der Waals surface area contributed by atoms with Crippen molar-refractivity contribution in [2.24, 2.45) is 0 Å². The highest BCUT2D eigenvalue weighted by Gasteiger charge is 2.64. The number of aliphatic hydroxyl groups excluding tert-OH is 1. The molecule has 0 saturated heterocycles. The van der Waals surface area contributed by atoms with E-state index < -0.39 is 36.2 Å². The zero-order valence-electron chi connectivity index (χ0n) is 11.4. The molecule has 0 aromatic carbocycles. The van der Waals surface area contributed by atoms with E-state index >= 15 is 0 Å². The zero-order chi connectivity index (χ0) is 17.2. The maximum Gasteiger partial charge on any atom is 0.449 e. The molecule has 0 radical (unpaired) electrons. The summed E-state index contributed by atoms with van der Waals surface area (Å²) in [6.07, 6.45) is -12.9. The molecule has 0 spiro atoms. The molecule has 0 aromatic heterocycles. The van der Waals surface area contributed by atoms with Crippen molar-refractivity contribution < 1.29 is 46.4 Å². The molecule has 0 heterocycles. The number of ether oxygens (including phenoxy) is 2. The summed E-state index contributed by atoms with van der Waals surface area (Å²) in [5, 5.41) is 18.3. The van der Waals surface area contributed by atoms with E-state index in [1.165, 1.54) is 6.92 Å². The molecular weight excluding hydrogens is 307 g/mol. The summed E-state index contributed by atoms with van der Waals surface area (Å²) in [6, 6.07) is 0. The standard InChI is InChI=1S/C11H15F5O5/c1-5(2)6(17)20-9(3,4)8(18)21-10(19,7(12)13)11(14,15)16/h7-8,18-19H,1H2,2-4H3. The van der Waals surface area contributed by atoms with Crippen LogP contribution in [0, 0.1) is 0 Å². The van der Waals surface area contributed by atoms with Gasteiger partial charge in [-0.25, -0.2) is 13.6 Å². The molecule has 10 heteroatoms. The second-order valence-corrected chi connectivity index (χ2v) is 4.74. The van der Waals surface area contributed by atoms with Crippen LogP contribution in [0.5, 0.6) is 0 Å². The lowest BCUT2D eigenvalue weighted by Crippen LogP contribution is -2.58. The Morgan fingerprint density at radius 2 is 1.67 bits per heavy atom. The van der Waals surface area contributed by atoms with Crippen molar-refractivity contribution in [2.45, 2.75) is 51.1 Å². The number of rotatable bonds is 6. The van der Waals surface area contributed by atoms with Crippen molar-refractivity contribution >= 4 is 5.97 Å². The third kappa shape index (κ3) is 4.61. The molecule has 21 heavy (non-hydrogen) atoms. The van der Waals surface area contributed by atoms with E-state index in [0.717, 1.165) is 13.8 Å². The lowest BCUT2D eigenvalue weighted by Gasteiger charge is -2.36. The van der Waals surface area contributed by atoms with Gasteiger partial charge in [-0.15, -0.1) is 0 Å². The minimum Gasteiger partial charge on any atom is -0.451 e. The van der Waals surface area contributed by atoms with Gasteiger partial charge in [0.1, 0.15) is 0 Å². The second-order valence-electron chi connectivity index (χ2n) is 4.74. The van der Waals surface area contributed by atoms with Crippen molar-refractivity contribution in [1.29, 1.82) is 0 Å². The molecule has 0 bridgehead atoms. The minimum absolute atomic E-state index is 0.143. The molecule has 124 valence electrons. The lowest BCUT2D eigenvalue weighted by molar-refractivity contribution is -0.438. The van der Waals surface area contributed by atoms with Crippen LogP contribution in [0.1, 0.15) is 20.8 Å². The van der Waals surface area contributed by atoms with Crippen LogP contribution in [0.4, 0.5) is 22.0 Å². The van der Waals surface area contributed by atoms with E-state index in [2.05, 4.69) is 16.1 Å². The molecule has 0 aliphatic heterocycles. The second kappa shape index (κ2) is 6.24. The van der Waals surface area contributed by atoms with Gasteiger partial charge in [0.2, 0.25) is 0 Å². The maximum atomic E-state index is 12.4. The van der Waals surface area contributed by atoms with Crippen molar-refractivity contribution in [3.63, 3.8) is 0 Å². The predicted octanol–water partition coefficient (Wildman–Crippen LogP) is 1.74. The van der Waals surface area contributed by atoms with E-state index in [4.69, 9.17) is 5.11 Å². The van der Waals surface area contributed by atoms with Gasteiger partial charge in [-0.1, -0.05) is 6.58 Å². The number of carbonyl (C=O) groups excluding carboxylic acids is 1. The Morgan fingerprint density at radius 1 is 1.24 bits per heavy atom. The quantitative estimate of drug-likeness (QED) is 0.337. The normalized spacial score (nSPS) is 17.3. The van der Waals surface area contributed by atoms with Gasteiger partial charge in [-0.05, 0) is 20.8 Å². The van der Waals surface area contributed by atoms with Crippen molar-refractivity contribution in [3.05, 3.63) is 12.2 Å². The largest absolute Gasteiger partial charge is 0.451 e. The monoisotopic (exact) mass is 322 g/mol. The summed E-state index contributed by atoms with van der Waals surface area (Å²) in [5.41, 5.74) is -2.29. The van der Waals surface area contributed by atoms with Gasteiger partial charge in [-0.3, -0.25) is 0 Å². The summed E-state index contributed by atoms with van der Waals surface area (Å²) >= 11 is 0. The van der Waals surface area contributed by atoms with Crippen molar-refractivity contribution in [1.82, 2.24) is 0 Å². The zero-order valence-corrected chi connectivity index (χ0v) is 11.4. The van der Waals surface area contributed by atoms with E-state index in [1.54, 1.807) is 0 Å². The summed E-state index contributed by atoms with van der Waals surface area (Å²) in [7, 11) is 0. The van der Waals surface area contributed by atoms with Crippen LogP contribution < -0.4 is 0 Å². The fourth-order valence-electron chi connectivity index (χ4n) is 0.931. The van der Waals surface area contributed by atoms with Crippen LogP contribution in [-0.4, -0.2) is 46.5 Å². The highest BCUT2D eigenvalue weighted by molar-refractivity contribution is 5.87. The average molecular weight is 322 g/mol. The fourth-order valence-corrected chi connectivity index (χ4v) is 0.931. The Kier molecular flexibility index (Phi) is 5.87. The van der Waals surface area contributed by atoms with Gasteiger partial charge in [0.05, 0.1) is 0 Å². The van der Waals surface area contributed by atoms with Crippen LogP contribution in [0.2, 0.25) is 0 Å². The topological polar surface area (TPSA) is 76.0 Å². The molecule has 0 aromatic rings. The van der Waals surface area contributed by atoms with Gasteiger partial charge in [0.25, 0.3) is 0 Å². The fraction of sp³-hybridized carbons (Fsp3) is 0.727. The molecular formula is C11H15F5O5. The molecule has 0 aliphatic rings. The first-order chi connectivity index (χ1) is 9.15. The minimum atomic E-state index is -5.88. The molecule has 0 aliphatic carbocycles. The first kappa shape index (κ1) is 19.7. The molecule has 0 fully saturated rings. The van der Waals surface area contributed by atoms with Crippen LogP contribution in [0.15, 0.2) is 12.2 Å². The van der Waals surface area contributed by atoms with E-state index in [1.807, 2.05) is 0 Å². The van der Waals surface area contributed by atoms with Crippen molar-refractivity contribution in [2.75, 3.05) is 0 Å². The third-order valence-corrected chi connectivity index (χ3v) is 2.29. The number of esters is 1. The Hall–Kier alpha value is -1.26. The molecule has 2 atom stereocenters. The molecule has 5 nitrogen and oxygen atoms in total. The summed E-state index contributed by atoms with van der Waals surface area (Å²) < 4.78 is 70.2. The summed E-state index contributed by atoms with van der Waals surface area (Å²) in [5.74, 6) is -5.99. The third-order valence-electron chi connectivity index (χ3n) is 2.29. The molecule has 2 unspecified atom stereocenters. The number of alkyl halides is 5. The number of halogens is 5. The van der Waals surface area contributed by atoms with Crippen LogP contribution in [-0.2, 0) is 14.3 Å². The first-order valence-corrected chi connectivity index (χ1v) is 5.47. The number of hydrogen-bond donors (Lipinski definition) is 2. The molecule has 0 saturated carbocycles. The molecule has 2 N–H and O–H groups in total. The lowest BCUT2D eigenvalue weighted by atomic mass is 10.1. The first-order valence-electron chi connectivity index (χ1n) is 5.47. The van der Waals surface area contributed by atoms with Gasteiger partial charge in [0.15, 0.2) is 11.9 Å². The summed E-state index contributed by atoms with van der Waals surface area (Å²) in [4.78, 5) is 11.2. The highest BCUT2D eigenvalue weighted by atomic mass is 19.4. The summed E-state index contributed by atoms with van der Waals surface area (Å²) in [6.45, 7) is 6.22.